The molecule has 0 atom stereocenters. The lowest BCUT2D eigenvalue weighted by Crippen LogP contribution is -2.10. The van der Waals surface area contributed by atoms with Crippen LogP contribution in [0.4, 0.5) is 11.4 Å². The van der Waals surface area contributed by atoms with E-state index in [-0.39, 0.29) is 0 Å². The first-order chi connectivity index (χ1) is 9.87. The molecule has 21 heavy (non-hydrogen) atoms. The first kappa shape index (κ1) is 15.4. The molecule has 1 aromatic heterocycles. The molecular weight excluding hydrogens is 286 g/mol. The lowest BCUT2D eigenvalue weighted by atomic mass is 10.2. The molecule has 0 amide bonds. The van der Waals surface area contributed by atoms with Crippen LogP contribution in [-0.4, -0.2) is 19.2 Å². The summed E-state index contributed by atoms with van der Waals surface area (Å²) in [7, 11) is -3.24. The van der Waals surface area contributed by atoms with Crippen LogP contribution in [0.3, 0.4) is 0 Å². The van der Waals surface area contributed by atoms with Crippen LogP contribution in [0.15, 0.2) is 36.7 Å². The van der Waals surface area contributed by atoms with Gasteiger partial charge in [-0.05, 0) is 49.2 Å². The molecule has 1 aromatic carbocycles. The third-order valence-corrected chi connectivity index (χ3v) is 3.79. The SMILES string of the molecule is CCn1ccc(CNc2ccc(NS(C)(=O)=O)c(C)c2)c1. The maximum Gasteiger partial charge on any atom is 0.229 e. The molecule has 1 heterocycles. The van der Waals surface area contributed by atoms with E-state index >= 15 is 0 Å². The normalized spacial score (nSPS) is 11.4. The number of nitrogens with zero attached hydrogens (tertiary/aromatic N) is 1. The molecule has 0 fully saturated rings. The standard InChI is InChI=1S/C15H21N3O2S/c1-4-18-8-7-13(11-18)10-16-14-5-6-15(12(2)9-14)17-21(3,19)20/h5-9,11,16-17H,4,10H2,1-3H3. The molecule has 0 aliphatic carbocycles. The predicted molar refractivity (Wildman–Crippen MR) is 87.1 cm³/mol. The van der Waals surface area contributed by atoms with Crippen molar-refractivity contribution in [3.8, 4) is 0 Å². The van der Waals surface area contributed by atoms with E-state index in [9.17, 15) is 8.42 Å². The van der Waals surface area contributed by atoms with Crippen LogP contribution in [-0.2, 0) is 23.1 Å². The number of aromatic nitrogens is 1. The molecule has 114 valence electrons. The highest BCUT2D eigenvalue weighted by Gasteiger charge is 2.05. The van der Waals surface area contributed by atoms with Crippen molar-refractivity contribution in [2.75, 3.05) is 16.3 Å². The van der Waals surface area contributed by atoms with E-state index in [1.807, 2.05) is 19.1 Å². The zero-order valence-corrected chi connectivity index (χ0v) is 13.4. The summed E-state index contributed by atoms with van der Waals surface area (Å²) in [6.45, 7) is 5.69. The second-order valence-corrected chi connectivity index (χ2v) is 6.86. The average molecular weight is 307 g/mol. The van der Waals surface area contributed by atoms with E-state index in [1.165, 1.54) is 5.56 Å². The summed E-state index contributed by atoms with van der Waals surface area (Å²) in [6, 6.07) is 7.67. The summed E-state index contributed by atoms with van der Waals surface area (Å²) in [6.07, 6.45) is 5.32. The number of nitrogens with one attached hydrogen (secondary N) is 2. The maximum absolute atomic E-state index is 11.3. The van der Waals surface area contributed by atoms with Crippen LogP contribution >= 0.6 is 0 Å². The van der Waals surface area contributed by atoms with Crippen LogP contribution in [0, 0.1) is 6.92 Å². The Morgan fingerprint density at radius 1 is 1.24 bits per heavy atom. The summed E-state index contributed by atoms with van der Waals surface area (Å²) in [5, 5.41) is 3.34. The van der Waals surface area contributed by atoms with Gasteiger partial charge in [-0.1, -0.05) is 0 Å². The highest BCUT2D eigenvalue weighted by atomic mass is 32.2. The van der Waals surface area contributed by atoms with Crippen molar-refractivity contribution in [3.05, 3.63) is 47.8 Å². The van der Waals surface area contributed by atoms with Crippen molar-refractivity contribution in [3.63, 3.8) is 0 Å². The van der Waals surface area contributed by atoms with Gasteiger partial charge in [0.15, 0.2) is 0 Å². The number of hydrogen-bond acceptors (Lipinski definition) is 3. The quantitative estimate of drug-likeness (QED) is 0.862. The summed E-state index contributed by atoms with van der Waals surface area (Å²) in [4.78, 5) is 0. The molecule has 0 saturated heterocycles. The lowest BCUT2D eigenvalue weighted by Gasteiger charge is -2.11. The molecule has 0 aliphatic rings. The number of aryl methyl sites for hydroxylation is 2. The zero-order valence-electron chi connectivity index (χ0n) is 12.6. The molecule has 0 bridgehead atoms. The fourth-order valence-electron chi connectivity index (χ4n) is 2.08. The molecule has 2 aromatic rings. The van der Waals surface area contributed by atoms with Gasteiger partial charge in [-0.3, -0.25) is 4.72 Å². The van der Waals surface area contributed by atoms with Crippen LogP contribution in [0.5, 0.6) is 0 Å². The Morgan fingerprint density at radius 3 is 2.57 bits per heavy atom. The van der Waals surface area contributed by atoms with Gasteiger partial charge in [-0.15, -0.1) is 0 Å². The summed E-state index contributed by atoms with van der Waals surface area (Å²) in [5.74, 6) is 0. The summed E-state index contributed by atoms with van der Waals surface area (Å²) in [5.41, 5.74) is 3.68. The first-order valence-electron chi connectivity index (χ1n) is 6.84. The van der Waals surface area contributed by atoms with Crippen LogP contribution in [0.1, 0.15) is 18.1 Å². The minimum Gasteiger partial charge on any atom is -0.381 e. The second kappa shape index (κ2) is 6.22. The Balaban J connectivity index is 2.03. The monoisotopic (exact) mass is 307 g/mol. The largest absolute Gasteiger partial charge is 0.381 e. The van der Waals surface area contributed by atoms with Gasteiger partial charge in [0, 0.05) is 31.2 Å². The van der Waals surface area contributed by atoms with Gasteiger partial charge in [-0.2, -0.15) is 0 Å². The van der Waals surface area contributed by atoms with Gasteiger partial charge in [0.05, 0.1) is 11.9 Å². The Kier molecular flexibility index (Phi) is 4.57. The summed E-state index contributed by atoms with van der Waals surface area (Å²) < 4.78 is 27.1. The highest BCUT2D eigenvalue weighted by molar-refractivity contribution is 7.92. The Labute approximate surface area is 126 Å². The number of anilines is 2. The van der Waals surface area contributed by atoms with Crippen molar-refractivity contribution >= 4 is 21.4 Å². The smallest absolute Gasteiger partial charge is 0.229 e. The molecule has 5 nitrogen and oxygen atoms in total. The summed E-state index contributed by atoms with van der Waals surface area (Å²) >= 11 is 0. The van der Waals surface area contributed by atoms with Gasteiger partial charge in [0.1, 0.15) is 0 Å². The number of rotatable bonds is 6. The minimum atomic E-state index is -3.24. The average Bonchev–Trinajstić information content (AvgIpc) is 2.86. The van der Waals surface area contributed by atoms with E-state index in [1.54, 1.807) is 6.07 Å². The number of hydrogen-bond donors (Lipinski definition) is 2. The Morgan fingerprint density at radius 2 is 2.00 bits per heavy atom. The van der Waals surface area contributed by atoms with E-state index in [0.717, 1.165) is 30.6 Å². The molecular formula is C15H21N3O2S. The third-order valence-electron chi connectivity index (χ3n) is 3.20. The predicted octanol–water partition coefficient (Wildman–Crippen LogP) is 2.80. The maximum atomic E-state index is 11.3. The first-order valence-corrected chi connectivity index (χ1v) is 8.73. The van der Waals surface area contributed by atoms with E-state index in [2.05, 4.69) is 40.0 Å². The van der Waals surface area contributed by atoms with Gasteiger partial charge in [0.2, 0.25) is 10.0 Å². The fourth-order valence-corrected chi connectivity index (χ4v) is 2.71. The zero-order chi connectivity index (χ0) is 15.5. The van der Waals surface area contributed by atoms with Gasteiger partial charge in [0.25, 0.3) is 0 Å². The molecule has 2 N–H and O–H groups in total. The van der Waals surface area contributed by atoms with Crippen LogP contribution in [0.2, 0.25) is 0 Å². The molecule has 0 aliphatic heterocycles. The lowest BCUT2D eigenvalue weighted by molar-refractivity contribution is 0.607. The molecule has 6 heteroatoms. The molecule has 0 radical (unpaired) electrons. The van der Waals surface area contributed by atoms with Crippen molar-refractivity contribution in [1.82, 2.24) is 4.57 Å². The van der Waals surface area contributed by atoms with Gasteiger partial charge in [-0.25, -0.2) is 8.42 Å². The third kappa shape index (κ3) is 4.53. The Bertz CT molecular complexity index is 720. The topological polar surface area (TPSA) is 63.1 Å². The van der Waals surface area contributed by atoms with Crippen molar-refractivity contribution in [2.24, 2.45) is 0 Å². The van der Waals surface area contributed by atoms with Gasteiger partial charge >= 0.3 is 0 Å². The van der Waals surface area contributed by atoms with E-state index < -0.39 is 10.0 Å². The minimum absolute atomic E-state index is 0.611. The van der Waals surface area contributed by atoms with Crippen LogP contribution in [0.25, 0.3) is 0 Å². The molecule has 0 saturated carbocycles. The molecule has 0 unspecified atom stereocenters. The Hall–Kier alpha value is -1.95. The molecule has 0 spiro atoms. The van der Waals surface area contributed by atoms with E-state index in [4.69, 9.17) is 0 Å². The van der Waals surface area contributed by atoms with Crippen molar-refractivity contribution in [2.45, 2.75) is 26.9 Å². The van der Waals surface area contributed by atoms with Crippen LogP contribution < -0.4 is 10.0 Å². The number of benzene rings is 1. The second-order valence-electron chi connectivity index (χ2n) is 5.11. The highest BCUT2D eigenvalue weighted by Crippen LogP contribution is 2.21. The van der Waals surface area contributed by atoms with Crippen molar-refractivity contribution < 1.29 is 8.42 Å². The van der Waals surface area contributed by atoms with E-state index in [0.29, 0.717) is 5.69 Å². The fraction of sp³-hybridized carbons (Fsp3) is 0.333. The van der Waals surface area contributed by atoms with Crippen molar-refractivity contribution in [1.29, 1.82) is 0 Å². The molecule has 2 rings (SSSR count). The number of sulfonamides is 1. The van der Waals surface area contributed by atoms with Gasteiger partial charge < -0.3 is 9.88 Å².